The van der Waals surface area contributed by atoms with Gasteiger partial charge in [-0.25, -0.2) is 4.79 Å². The van der Waals surface area contributed by atoms with Crippen molar-refractivity contribution in [1.29, 1.82) is 0 Å². The van der Waals surface area contributed by atoms with Crippen molar-refractivity contribution in [1.82, 2.24) is 20.4 Å². The van der Waals surface area contributed by atoms with E-state index in [1.807, 2.05) is 0 Å². The second-order valence-electron chi connectivity index (χ2n) is 7.54. The Balaban J connectivity index is 1.85. The largest absolute Gasteiger partial charge is 0.444 e. The van der Waals surface area contributed by atoms with Gasteiger partial charge in [-0.2, -0.15) is 5.10 Å². The van der Waals surface area contributed by atoms with Gasteiger partial charge in [0.2, 0.25) is 5.91 Å². The van der Waals surface area contributed by atoms with Crippen molar-refractivity contribution in [3.8, 4) is 0 Å². The Labute approximate surface area is 152 Å². The second-order valence-corrected chi connectivity index (χ2v) is 7.54. The highest BCUT2D eigenvalue weighted by molar-refractivity contribution is 5.90. The van der Waals surface area contributed by atoms with Gasteiger partial charge in [0.05, 0.1) is 0 Å². The number of aromatic amines is 1. The van der Waals surface area contributed by atoms with E-state index in [4.69, 9.17) is 10.5 Å². The molecule has 1 aliphatic rings. The van der Waals surface area contributed by atoms with Crippen LogP contribution in [0.25, 0.3) is 0 Å². The van der Waals surface area contributed by atoms with Crippen LogP contribution in [-0.2, 0) is 9.53 Å². The van der Waals surface area contributed by atoms with E-state index in [0.29, 0.717) is 13.1 Å². The van der Waals surface area contributed by atoms with Gasteiger partial charge in [-0.3, -0.25) is 14.7 Å². The summed E-state index contributed by atoms with van der Waals surface area (Å²) in [4.78, 5) is 37.2. The minimum atomic E-state index is -0.657. The minimum absolute atomic E-state index is 0.142. The number of hydrogen-bond donors (Lipinski definition) is 3. The van der Waals surface area contributed by atoms with Crippen molar-refractivity contribution >= 4 is 17.9 Å². The molecule has 2 rings (SSSR count). The summed E-state index contributed by atoms with van der Waals surface area (Å²) in [5.41, 5.74) is 5.67. The predicted molar refractivity (Wildman–Crippen MR) is 94.5 cm³/mol. The van der Waals surface area contributed by atoms with E-state index in [0.717, 1.165) is 18.5 Å². The first-order chi connectivity index (χ1) is 12.1. The number of piperidine rings is 1. The second kappa shape index (κ2) is 7.76. The van der Waals surface area contributed by atoms with Crippen LogP contribution in [0.15, 0.2) is 6.07 Å². The maximum atomic E-state index is 12.5. The number of nitrogens with two attached hydrogens (primary N) is 1. The number of likely N-dealkylation sites (tertiary alicyclic amines) is 1. The Kier molecular flexibility index (Phi) is 5.89. The molecule has 9 nitrogen and oxygen atoms in total. The van der Waals surface area contributed by atoms with Crippen molar-refractivity contribution in [2.24, 2.45) is 5.73 Å². The predicted octanol–water partition coefficient (Wildman–Crippen LogP) is 1.13. The monoisotopic (exact) mass is 365 g/mol. The molecule has 0 radical (unpaired) electrons. The van der Waals surface area contributed by atoms with Gasteiger partial charge in [0, 0.05) is 24.7 Å². The van der Waals surface area contributed by atoms with Crippen molar-refractivity contribution in [2.75, 3.05) is 13.1 Å². The maximum Gasteiger partial charge on any atom is 0.408 e. The first-order valence-electron chi connectivity index (χ1n) is 8.70. The SMILES string of the molecule is CC(NC(=O)OC(C)(C)C)C(=O)N1CCC(c2cc(C(N)=O)n[nH]2)CC1. The zero-order valence-electron chi connectivity index (χ0n) is 15.7. The van der Waals surface area contributed by atoms with Gasteiger partial charge in [0.25, 0.3) is 5.91 Å². The number of hydrogen-bond acceptors (Lipinski definition) is 5. The Morgan fingerprint density at radius 2 is 1.96 bits per heavy atom. The molecule has 1 atom stereocenters. The molecule has 9 heteroatoms. The molecular weight excluding hydrogens is 338 g/mol. The number of amides is 3. The number of carbonyl (C=O) groups excluding carboxylic acids is 3. The number of carbonyl (C=O) groups is 3. The lowest BCUT2D eigenvalue weighted by Crippen LogP contribution is -2.50. The van der Waals surface area contributed by atoms with E-state index in [1.54, 1.807) is 38.7 Å². The Bertz CT molecular complexity index is 671. The van der Waals surface area contributed by atoms with Crippen LogP contribution in [0, 0.1) is 0 Å². The molecule has 1 aromatic rings. The summed E-state index contributed by atoms with van der Waals surface area (Å²) in [7, 11) is 0. The number of H-pyrrole nitrogens is 1. The lowest BCUT2D eigenvalue weighted by atomic mass is 9.93. The smallest absolute Gasteiger partial charge is 0.408 e. The average molecular weight is 365 g/mol. The first kappa shape index (κ1) is 19.7. The van der Waals surface area contributed by atoms with E-state index >= 15 is 0 Å². The van der Waals surface area contributed by atoms with Gasteiger partial charge in [-0.1, -0.05) is 0 Å². The van der Waals surface area contributed by atoms with Crippen LogP contribution in [0.2, 0.25) is 0 Å². The molecule has 0 bridgehead atoms. The molecule has 0 spiro atoms. The molecule has 26 heavy (non-hydrogen) atoms. The van der Waals surface area contributed by atoms with Crippen molar-refractivity contribution in [2.45, 2.75) is 58.1 Å². The summed E-state index contributed by atoms with van der Waals surface area (Å²) in [6.45, 7) is 8.07. The topological polar surface area (TPSA) is 130 Å². The van der Waals surface area contributed by atoms with Gasteiger partial charge in [0.1, 0.15) is 17.3 Å². The number of primary amides is 1. The molecule has 4 N–H and O–H groups in total. The molecule has 0 aromatic carbocycles. The maximum absolute atomic E-state index is 12.5. The van der Waals surface area contributed by atoms with Crippen LogP contribution in [0.3, 0.4) is 0 Å². The summed E-state index contributed by atoms with van der Waals surface area (Å²) < 4.78 is 5.17. The third-order valence-corrected chi connectivity index (χ3v) is 4.20. The van der Waals surface area contributed by atoms with Gasteiger partial charge in [0.15, 0.2) is 0 Å². The summed E-state index contributed by atoms with van der Waals surface area (Å²) >= 11 is 0. The Hall–Kier alpha value is -2.58. The molecule has 1 unspecified atom stereocenters. The van der Waals surface area contributed by atoms with Gasteiger partial charge in [-0.15, -0.1) is 0 Å². The fourth-order valence-corrected chi connectivity index (χ4v) is 2.90. The molecule has 2 heterocycles. The molecule has 1 fully saturated rings. The molecule has 0 aliphatic carbocycles. The quantitative estimate of drug-likeness (QED) is 0.736. The number of nitrogens with one attached hydrogen (secondary N) is 2. The summed E-state index contributed by atoms with van der Waals surface area (Å²) in [5.74, 6) is -0.521. The van der Waals surface area contributed by atoms with E-state index < -0.39 is 23.6 Å². The van der Waals surface area contributed by atoms with Gasteiger partial charge < -0.3 is 20.7 Å². The Morgan fingerprint density at radius 3 is 2.46 bits per heavy atom. The molecule has 0 saturated carbocycles. The van der Waals surface area contributed by atoms with Crippen LogP contribution in [-0.4, -0.2) is 57.7 Å². The zero-order chi connectivity index (χ0) is 19.5. The Morgan fingerprint density at radius 1 is 1.35 bits per heavy atom. The van der Waals surface area contributed by atoms with E-state index in [2.05, 4.69) is 15.5 Å². The molecule has 1 aromatic heterocycles. The molecule has 1 aliphatic heterocycles. The standard InChI is InChI=1S/C17H27N5O4/c1-10(19-16(25)26-17(2,3)4)15(24)22-7-5-11(6-8-22)12-9-13(14(18)23)21-20-12/h9-11H,5-8H2,1-4H3,(H2,18,23)(H,19,25)(H,20,21). The fourth-order valence-electron chi connectivity index (χ4n) is 2.90. The molecule has 3 amide bonds. The van der Waals surface area contributed by atoms with Crippen LogP contribution in [0.1, 0.15) is 62.6 Å². The molecular formula is C17H27N5O4. The number of aromatic nitrogens is 2. The van der Waals surface area contributed by atoms with E-state index in [9.17, 15) is 14.4 Å². The lowest BCUT2D eigenvalue weighted by Gasteiger charge is -2.33. The molecule has 1 saturated heterocycles. The van der Waals surface area contributed by atoms with Gasteiger partial charge >= 0.3 is 6.09 Å². The fraction of sp³-hybridized carbons (Fsp3) is 0.647. The zero-order valence-corrected chi connectivity index (χ0v) is 15.7. The third-order valence-electron chi connectivity index (χ3n) is 4.20. The highest BCUT2D eigenvalue weighted by Gasteiger charge is 2.29. The average Bonchev–Trinajstić information content (AvgIpc) is 3.02. The van der Waals surface area contributed by atoms with Crippen LogP contribution >= 0.6 is 0 Å². The number of nitrogens with zero attached hydrogens (tertiary/aromatic N) is 2. The van der Waals surface area contributed by atoms with E-state index in [1.165, 1.54) is 0 Å². The first-order valence-corrected chi connectivity index (χ1v) is 8.70. The minimum Gasteiger partial charge on any atom is -0.444 e. The summed E-state index contributed by atoms with van der Waals surface area (Å²) in [6, 6.07) is 1.01. The third kappa shape index (κ3) is 5.21. The normalized spacial score (nSPS) is 16.8. The number of ether oxygens (including phenoxy) is 1. The highest BCUT2D eigenvalue weighted by atomic mass is 16.6. The number of alkyl carbamates (subject to hydrolysis) is 1. The summed E-state index contributed by atoms with van der Waals surface area (Å²) in [5, 5.41) is 9.31. The van der Waals surface area contributed by atoms with Gasteiger partial charge in [-0.05, 0) is 46.6 Å². The highest BCUT2D eigenvalue weighted by Crippen LogP contribution is 2.27. The molecule has 144 valence electrons. The van der Waals surface area contributed by atoms with Crippen LogP contribution < -0.4 is 11.1 Å². The van der Waals surface area contributed by atoms with Crippen LogP contribution in [0.4, 0.5) is 4.79 Å². The van der Waals surface area contributed by atoms with Crippen molar-refractivity contribution < 1.29 is 19.1 Å². The van der Waals surface area contributed by atoms with Crippen molar-refractivity contribution in [3.63, 3.8) is 0 Å². The van der Waals surface area contributed by atoms with Crippen molar-refractivity contribution in [3.05, 3.63) is 17.5 Å². The lowest BCUT2D eigenvalue weighted by molar-refractivity contribution is -0.134. The van der Waals surface area contributed by atoms with Crippen LogP contribution in [0.5, 0.6) is 0 Å². The summed E-state index contributed by atoms with van der Waals surface area (Å²) in [6.07, 6.45) is 0.876. The van der Waals surface area contributed by atoms with E-state index in [-0.39, 0.29) is 17.5 Å². The number of rotatable bonds is 4.